The summed E-state index contributed by atoms with van der Waals surface area (Å²) in [6.07, 6.45) is -0.224. The predicted octanol–water partition coefficient (Wildman–Crippen LogP) is 0.442. The molecule has 0 saturated heterocycles. The second kappa shape index (κ2) is 8.53. The second-order valence-corrected chi connectivity index (χ2v) is 8.46. The van der Waals surface area contributed by atoms with E-state index in [-0.39, 0.29) is 29.3 Å². The van der Waals surface area contributed by atoms with Gasteiger partial charge in [-0.25, -0.2) is 22.6 Å². The van der Waals surface area contributed by atoms with Crippen LogP contribution in [-0.4, -0.2) is 55.9 Å². The first-order valence-electron chi connectivity index (χ1n) is 8.28. The summed E-state index contributed by atoms with van der Waals surface area (Å²) in [5, 5.41) is 14.6. The summed E-state index contributed by atoms with van der Waals surface area (Å²) < 4.78 is 41.3. The number of hydrogen-bond donors (Lipinski definition) is 4. The topological polar surface area (TPSA) is 150 Å². The normalized spacial score (nSPS) is 13.5. The van der Waals surface area contributed by atoms with Crippen molar-refractivity contribution in [2.75, 3.05) is 24.4 Å². The van der Waals surface area contributed by atoms with E-state index >= 15 is 0 Å². The summed E-state index contributed by atoms with van der Waals surface area (Å²) in [5.41, 5.74) is 0.772. The molecule has 0 bridgehead atoms. The number of carbonyl (C=O) groups excluding carboxylic acids is 1. The maximum absolute atomic E-state index is 14.4. The molecule has 10 nitrogen and oxygen atoms in total. The summed E-state index contributed by atoms with van der Waals surface area (Å²) >= 11 is 0.789. The van der Waals surface area contributed by atoms with E-state index in [9.17, 15) is 22.4 Å². The first-order valence-corrected chi connectivity index (χ1v) is 10.6. The third-order valence-corrected chi connectivity index (χ3v) is 6.07. The molecule has 0 saturated carbocycles. The van der Waals surface area contributed by atoms with E-state index in [0.29, 0.717) is 19.0 Å². The number of carbonyl (C=O) groups is 2. The Hall–Kier alpha value is -3.06. The number of rotatable bonds is 8. The van der Waals surface area contributed by atoms with E-state index < -0.39 is 32.4 Å². The fourth-order valence-corrected chi connectivity index (χ4v) is 4.47. The van der Waals surface area contributed by atoms with Gasteiger partial charge >= 0.3 is 5.97 Å². The molecule has 1 aliphatic heterocycles. The van der Waals surface area contributed by atoms with Crippen molar-refractivity contribution in [2.45, 2.75) is 11.3 Å². The zero-order valence-electron chi connectivity index (χ0n) is 14.8. The molecule has 0 fully saturated rings. The molecule has 0 radical (unpaired) electrons. The van der Waals surface area contributed by atoms with Crippen LogP contribution in [0.3, 0.4) is 0 Å². The van der Waals surface area contributed by atoms with Gasteiger partial charge < -0.3 is 15.7 Å². The largest absolute Gasteiger partial charge is 0.476 e. The highest BCUT2D eigenvalue weighted by molar-refractivity contribution is 7.93. The Morgan fingerprint density at radius 2 is 2.14 bits per heavy atom. The summed E-state index contributed by atoms with van der Waals surface area (Å²) in [4.78, 5) is 30.3. The van der Waals surface area contributed by atoms with Gasteiger partial charge in [-0.2, -0.15) is 0 Å². The minimum absolute atomic E-state index is 0.0427. The van der Waals surface area contributed by atoms with Crippen LogP contribution in [0.5, 0.6) is 0 Å². The van der Waals surface area contributed by atoms with Crippen LogP contribution in [0.2, 0.25) is 0 Å². The lowest BCUT2D eigenvalue weighted by Gasteiger charge is -2.09. The highest BCUT2D eigenvalue weighted by atomic mass is 32.2. The number of carboxylic acids is 1. The third kappa shape index (κ3) is 5.06. The first-order chi connectivity index (χ1) is 13.8. The van der Waals surface area contributed by atoms with E-state index in [1.165, 1.54) is 11.6 Å². The highest BCUT2D eigenvalue weighted by Crippen LogP contribution is 2.25. The smallest absolute Gasteiger partial charge is 0.357 e. The fraction of sp³-hybridized carbons (Fsp3) is 0.250. The van der Waals surface area contributed by atoms with E-state index in [4.69, 9.17) is 5.11 Å². The number of aromatic nitrogens is 1. The van der Waals surface area contributed by atoms with Gasteiger partial charge in [0.2, 0.25) is 0 Å². The van der Waals surface area contributed by atoms with Crippen LogP contribution in [0, 0.1) is 5.82 Å². The zero-order valence-corrected chi connectivity index (χ0v) is 16.4. The molecule has 13 heteroatoms. The number of Topliss-reactive ketones (excluding diaryl/α,β-unsaturated/α-hetero) is 1. The molecule has 2 aromatic rings. The monoisotopic (exact) mass is 441 g/mol. The van der Waals surface area contributed by atoms with E-state index in [2.05, 4.69) is 25.3 Å². The molecule has 4 N–H and O–H groups in total. The summed E-state index contributed by atoms with van der Waals surface area (Å²) in [6, 6.07) is 3.13. The van der Waals surface area contributed by atoms with Gasteiger partial charge in [-0.05, 0) is 17.7 Å². The Labute approximate surface area is 168 Å². The van der Waals surface area contributed by atoms with Crippen molar-refractivity contribution in [1.82, 2.24) is 15.6 Å². The van der Waals surface area contributed by atoms with Crippen molar-refractivity contribution < 1.29 is 27.5 Å². The van der Waals surface area contributed by atoms with Crippen LogP contribution in [0.1, 0.15) is 16.1 Å². The quantitative estimate of drug-likeness (QED) is 0.461. The van der Waals surface area contributed by atoms with Crippen molar-refractivity contribution in [3.63, 3.8) is 0 Å². The van der Waals surface area contributed by atoms with Crippen molar-refractivity contribution in [3.05, 3.63) is 40.8 Å². The molecule has 2 heterocycles. The minimum atomic E-state index is -4.23. The van der Waals surface area contributed by atoms with Crippen molar-refractivity contribution in [3.8, 4) is 0 Å². The number of benzene rings is 1. The number of nitrogens with zero attached hydrogens (tertiary/aromatic N) is 2. The number of halogens is 1. The number of sulfonamides is 1. The Kier molecular flexibility index (Phi) is 6.08. The molecule has 3 rings (SSSR count). The van der Waals surface area contributed by atoms with Crippen LogP contribution in [-0.2, 0) is 21.2 Å². The SMILES string of the molecule is O=C(CNC1=NCCN1)Cc1ccc(S(=O)(=O)Nc2scnc2C(=O)O)cc1F. The van der Waals surface area contributed by atoms with Crippen LogP contribution < -0.4 is 15.4 Å². The standard InChI is InChI=1S/C16H16FN5O5S2/c17-12-6-11(29(26,27)22-14-13(15(24)25)21-8-28-14)2-1-9(12)5-10(23)7-20-16-18-3-4-19-16/h1-2,6,8,22H,3-5,7H2,(H,24,25)(H2,18,19,20). The summed E-state index contributed by atoms with van der Waals surface area (Å²) in [7, 11) is -4.23. The number of anilines is 1. The maximum Gasteiger partial charge on any atom is 0.357 e. The number of carboxylic acid groups (broad SMARTS) is 1. The second-order valence-electron chi connectivity index (χ2n) is 5.92. The molecule has 0 unspecified atom stereocenters. The minimum Gasteiger partial charge on any atom is -0.476 e. The van der Waals surface area contributed by atoms with Crippen molar-refractivity contribution in [2.24, 2.45) is 4.99 Å². The molecule has 0 spiro atoms. The lowest BCUT2D eigenvalue weighted by molar-refractivity contribution is -0.117. The van der Waals surface area contributed by atoms with Crippen molar-refractivity contribution in [1.29, 1.82) is 0 Å². The molecule has 154 valence electrons. The van der Waals surface area contributed by atoms with Gasteiger partial charge in [0.1, 0.15) is 10.8 Å². The number of aromatic carboxylic acids is 1. The molecule has 1 aliphatic rings. The van der Waals surface area contributed by atoms with Gasteiger partial charge in [-0.15, -0.1) is 11.3 Å². The number of aliphatic imine (C=N–C) groups is 1. The molecule has 1 aromatic heterocycles. The zero-order chi connectivity index (χ0) is 21.0. The van der Waals surface area contributed by atoms with E-state index in [0.717, 1.165) is 23.5 Å². The number of guanidine groups is 1. The molecule has 0 aliphatic carbocycles. The number of thiazole rings is 1. The van der Waals surface area contributed by atoms with Crippen molar-refractivity contribution >= 4 is 44.1 Å². The van der Waals surface area contributed by atoms with Crippen LogP contribution in [0.15, 0.2) is 33.6 Å². The Morgan fingerprint density at radius 3 is 2.79 bits per heavy atom. The van der Waals surface area contributed by atoms with Crippen LogP contribution in [0.25, 0.3) is 0 Å². The highest BCUT2D eigenvalue weighted by Gasteiger charge is 2.22. The van der Waals surface area contributed by atoms with E-state index in [1.807, 2.05) is 0 Å². The molecule has 1 aromatic carbocycles. The molecule has 0 atom stereocenters. The Balaban J connectivity index is 1.68. The van der Waals surface area contributed by atoms with Gasteiger partial charge in [0, 0.05) is 13.0 Å². The van der Waals surface area contributed by atoms with Gasteiger partial charge in [-0.1, -0.05) is 6.07 Å². The predicted molar refractivity (Wildman–Crippen MR) is 103 cm³/mol. The van der Waals surface area contributed by atoms with Gasteiger partial charge in [0.05, 0.1) is 23.5 Å². The lowest BCUT2D eigenvalue weighted by Crippen LogP contribution is -2.37. The summed E-state index contributed by atoms with van der Waals surface area (Å²) in [6.45, 7) is 1.26. The third-order valence-electron chi connectivity index (χ3n) is 3.85. The van der Waals surface area contributed by atoms with Crippen LogP contribution in [0.4, 0.5) is 9.39 Å². The fourth-order valence-electron chi connectivity index (χ4n) is 2.46. The average Bonchev–Trinajstić information content (AvgIpc) is 3.33. The Bertz CT molecular complexity index is 1080. The van der Waals surface area contributed by atoms with Gasteiger partial charge in [0.15, 0.2) is 17.4 Å². The number of ketones is 1. The molecule has 29 heavy (non-hydrogen) atoms. The lowest BCUT2D eigenvalue weighted by atomic mass is 10.1. The Morgan fingerprint density at radius 1 is 1.34 bits per heavy atom. The number of nitrogens with one attached hydrogen (secondary N) is 3. The molecular weight excluding hydrogens is 425 g/mol. The molecule has 0 amide bonds. The number of hydrogen-bond acceptors (Lipinski definition) is 9. The maximum atomic E-state index is 14.4. The van der Waals surface area contributed by atoms with Gasteiger partial charge in [0.25, 0.3) is 10.0 Å². The van der Waals surface area contributed by atoms with E-state index in [1.54, 1.807) is 0 Å². The first kappa shape index (κ1) is 20.7. The molecular formula is C16H16FN5O5S2. The average molecular weight is 441 g/mol. The van der Waals surface area contributed by atoms with Gasteiger partial charge in [-0.3, -0.25) is 14.5 Å². The van der Waals surface area contributed by atoms with Crippen LogP contribution >= 0.6 is 11.3 Å². The summed E-state index contributed by atoms with van der Waals surface area (Å²) in [5.74, 6) is -2.04.